The van der Waals surface area contributed by atoms with Gasteiger partial charge in [-0.25, -0.2) is 4.79 Å². The number of ether oxygens (including phenoxy) is 3. The fourth-order valence-electron chi connectivity index (χ4n) is 1.36. The quantitative estimate of drug-likeness (QED) is 0.444. The van der Waals surface area contributed by atoms with E-state index in [1.54, 1.807) is 6.07 Å². The summed E-state index contributed by atoms with van der Waals surface area (Å²) in [6.45, 7) is 0.0957. The van der Waals surface area contributed by atoms with Crippen LogP contribution in [0.4, 0.5) is 5.69 Å². The number of nitrogens with two attached hydrogens (primary N) is 1. The number of hydrogen-bond acceptors (Lipinski definition) is 6. The first kappa shape index (κ1) is 14.1. The second kappa shape index (κ2) is 6.70. The number of aliphatic hydroxyl groups excluding tert-OH is 1. The van der Waals surface area contributed by atoms with Crippen LogP contribution in [0.1, 0.15) is 16.8 Å². The Balaban J connectivity index is 2.95. The molecule has 0 spiro atoms. The summed E-state index contributed by atoms with van der Waals surface area (Å²) in [7, 11) is 2.93. The minimum absolute atomic E-state index is 0.0375. The van der Waals surface area contributed by atoms with Crippen LogP contribution in [0.25, 0.3) is 0 Å². The minimum Gasteiger partial charge on any atom is -0.497 e. The smallest absolute Gasteiger partial charge is 0.340 e. The number of benzene rings is 1. The van der Waals surface area contributed by atoms with E-state index in [0.29, 0.717) is 17.9 Å². The van der Waals surface area contributed by atoms with Crippen molar-refractivity contribution in [3.05, 3.63) is 17.7 Å². The second-order valence-corrected chi connectivity index (χ2v) is 3.50. The lowest BCUT2D eigenvalue weighted by molar-refractivity contribution is 0.0482. The fraction of sp³-hybridized carbons (Fsp3) is 0.417. The van der Waals surface area contributed by atoms with Gasteiger partial charge in [0.25, 0.3) is 0 Å². The predicted octanol–water partition coefficient (Wildman–Crippen LogP) is 0.825. The maximum absolute atomic E-state index is 11.8. The zero-order valence-electron chi connectivity index (χ0n) is 10.4. The van der Waals surface area contributed by atoms with E-state index in [1.807, 2.05) is 0 Å². The van der Waals surface area contributed by atoms with Gasteiger partial charge in [-0.2, -0.15) is 0 Å². The third kappa shape index (κ3) is 3.27. The van der Waals surface area contributed by atoms with Crippen LogP contribution in [0, 0.1) is 0 Å². The molecule has 1 aromatic rings. The Kier molecular flexibility index (Phi) is 5.26. The lowest BCUT2D eigenvalue weighted by Crippen LogP contribution is -2.11. The molecule has 6 heteroatoms. The van der Waals surface area contributed by atoms with Gasteiger partial charge in [-0.05, 0) is 6.07 Å². The van der Waals surface area contributed by atoms with Crippen molar-refractivity contribution in [2.24, 2.45) is 0 Å². The zero-order valence-corrected chi connectivity index (χ0v) is 10.4. The SMILES string of the molecule is COc1cc(OC)c(N)c(C(=O)OCCCO)c1. The topological polar surface area (TPSA) is 91.0 Å². The van der Waals surface area contributed by atoms with Crippen molar-refractivity contribution in [2.45, 2.75) is 6.42 Å². The van der Waals surface area contributed by atoms with Gasteiger partial charge in [-0.1, -0.05) is 0 Å². The van der Waals surface area contributed by atoms with Crippen LogP contribution >= 0.6 is 0 Å². The summed E-state index contributed by atoms with van der Waals surface area (Å²) in [6.07, 6.45) is 0.382. The third-order valence-corrected chi connectivity index (χ3v) is 2.33. The highest BCUT2D eigenvalue weighted by Gasteiger charge is 2.17. The van der Waals surface area contributed by atoms with Gasteiger partial charge in [0.15, 0.2) is 0 Å². The van der Waals surface area contributed by atoms with Crippen molar-refractivity contribution in [1.29, 1.82) is 0 Å². The number of carbonyl (C=O) groups excluding carboxylic acids is 1. The molecule has 0 atom stereocenters. The molecule has 0 aliphatic carbocycles. The highest BCUT2D eigenvalue weighted by molar-refractivity contribution is 5.97. The van der Waals surface area contributed by atoms with E-state index in [1.165, 1.54) is 20.3 Å². The molecule has 0 radical (unpaired) electrons. The Morgan fingerprint density at radius 2 is 2.06 bits per heavy atom. The van der Waals surface area contributed by atoms with Crippen LogP contribution in [0.15, 0.2) is 12.1 Å². The van der Waals surface area contributed by atoms with Gasteiger partial charge in [0.2, 0.25) is 0 Å². The molecule has 0 aliphatic rings. The highest BCUT2D eigenvalue weighted by Crippen LogP contribution is 2.31. The molecule has 3 N–H and O–H groups in total. The number of anilines is 1. The molecule has 0 fully saturated rings. The molecule has 100 valence electrons. The number of esters is 1. The predicted molar refractivity (Wildman–Crippen MR) is 65.9 cm³/mol. The van der Waals surface area contributed by atoms with Crippen LogP contribution in [0.2, 0.25) is 0 Å². The molecular weight excluding hydrogens is 238 g/mol. The van der Waals surface area contributed by atoms with Gasteiger partial charge in [-0.15, -0.1) is 0 Å². The van der Waals surface area contributed by atoms with Crippen molar-refractivity contribution in [3.63, 3.8) is 0 Å². The van der Waals surface area contributed by atoms with Gasteiger partial charge in [0.1, 0.15) is 11.5 Å². The Bertz CT molecular complexity index is 419. The van der Waals surface area contributed by atoms with Gasteiger partial charge in [-0.3, -0.25) is 0 Å². The largest absolute Gasteiger partial charge is 0.497 e. The lowest BCUT2D eigenvalue weighted by Gasteiger charge is -2.12. The normalized spacial score (nSPS) is 9.94. The Morgan fingerprint density at radius 1 is 1.33 bits per heavy atom. The first-order valence-electron chi connectivity index (χ1n) is 5.43. The monoisotopic (exact) mass is 255 g/mol. The molecule has 1 rings (SSSR count). The average molecular weight is 255 g/mol. The van der Waals surface area contributed by atoms with Crippen molar-refractivity contribution >= 4 is 11.7 Å². The van der Waals surface area contributed by atoms with E-state index < -0.39 is 5.97 Å². The van der Waals surface area contributed by atoms with Crippen LogP contribution < -0.4 is 15.2 Å². The van der Waals surface area contributed by atoms with Crippen molar-refractivity contribution in [2.75, 3.05) is 33.2 Å². The summed E-state index contributed by atoms with van der Waals surface area (Å²) in [5.74, 6) is 0.233. The van der Waals surface area contributed by atoms with E-state index in [-0.39, 0.29) is 24.5 Å². The van der Waals surface area contributed by atoms with Crippen LogP contribution in [-0.2, 0) is 4.74 Å². The van der Waals surface area contributed by atoms with Crippen molar-refractivity contribution in [1.82, 2.24) is 0 Å². The zero-order chi connectivity index (χ0) is 13.5. The van der Waals surface area contributed by atoms with Gasteiger partial charge in [0.05, 0.1) is 32.1 Å². The number of nitrogen functional groups attached to an aromatic ring is 1. The average Bonchev–Trinajstić information content (AvgIpc) is 2.39. The second-order valence-electron chi connectivity index (χ2n) is 3.50. The number of methoxy groups -OCH3 is 2. The Morgan fingerprint density at radius 3 is 2.61 bits per heavy atom. The highest BCUT2D eigenvalue weighted by atomic mass is 16.5. The lowest BCUT2D eigenvalue weighted by atomic mass is 10.1. The van der Waals surface area contributed by atoms with Crippen LogP contribution in [0.3, 0.4) is 0 Å². The fourth-order valence-corrected chi connectivity index (χ4v) is 1.36. The molecule has 1 aromatic carbocycles. The van der Waals surface area contributed by atoms with Gasteiger partial charge >= 0.3 is 5.97 Å². The maximum Gasteiger partial charge on any atom is 0.340 e. The van der Waals surface area contributed by atoms with Crippen molar-refractivity contribution in [3.8, 4) is 11.5 Å². The molecule has 18 heavy (non-hydrogen) atoms. The van der Waals surface area contributed by atoms with Crippen LogP contribution in [-0.4, -0.2) is 38.5 Å². The molecule has 0 saturated heterocycles. The van der Waals surface area contributed by atoms with E-state index in [0.717, 1.165) is 0 Å². The first-order chi connectivity index (χ1) is 8.63. The van der Waals surface area contributed by atoms with Crippen molar-refractivity contribution < 1.29 is 24.1 Å². The molecule has 0 amide bonds. The first-order valence-corrected chi connectivity index (χ1v) is 5.43. The summed E-state index contributed by atoms with van der Waals surface area (Å²) in [6, 6.07) is 3.07. The molecule has 0 aliphatic heterocycles. The molecular formula is C12H17NO5. The molecule has 0 aromatic heterocycles. The molecule has 0 bridgehead atoms. The minimum atomic E-state index is -0.571. The van der Waals surface area contributed by atoms with E-state index in [4.69, 9.17) is 25.1 Å². The third-order valence-electron chi connectivity index (χ3n) is 2.33. The summed E-state index contributed by atoms with van der Waals surface area (Å²) < 4.78 is 15.1. The summed E-state index contributed by atoms with van der Waals surface area (Å²) in [5.41, 5.74) is 6.18. The summed E-state index contributed by atoms with van der Waals surface area (Å²) in [4.78, 5) is 11.8. The number of carbonyl (C=O) groups is 1. The molecule has 0 heterocycles. The Hall–Kier alpha value is -1.95. The number of hydrogen-bond donors (Lipinski definition) is 2. The Labute approximate surface area is 105 Å². The standard InChI is InChI=1S/C12H17NO5/c1-16-8-6-9(11(13)10(7-8)17-2)12(15)18-5-3-4-14/h6-7,14H,3-5,13H2,1-2H3. The van der Waals surface area contributed by atoms with Gasteiger partial charge in [0, 0.05) is 19.1 Å². The molecule has 6 nitrogen and oxygen atoms in total. The number of rotatable bonds is 6. The van der Waals surface area contributed by atoms with E-state index in [2.05, 4.69) is 0 Å². The van der Waals surface area contributed by atoms with E-state index >= 15 is 0 Å². The van der Waals surface area contributed by atoms with Crippen LogP contribution in [0.5, 0.6) is 11.5 Å². The molecule has 0 saturated carbocycles. The van der Waals surface area contributed by atoms with Gasteiger partial charge < -0.3 is 25.1 Å². The van der Waals surface area contributed by atoms with E-state index in [9.17, 15) is 4.79 Å². The summed E-state index contributed by atoms with van der Waals surface area (Å²) >= 11 is 0. The maximum atomic E-state index is 11.8. The summed E-state index contributed by atoms with van der Waals surface area (Å²) in [5, 5.41) is 8.61. The molecule has 0 unspecified atom stereocenters. The number of aliphatic hydroxyl groups is 1.